The highest BCUT2D eigenvalue weighted by Crippen LogP contribution is 2.15. The van der Waals surface area contributed by atoms with Crippen molar-refractivity contribution in [3.63, 3.8) is 0 Å². The lowest BCUT2D eigenvalue weighted by atomic mass is 10.2. The summed E-state index contributed by atoms with van der Waals surface area (Å²) >= 11 is 3.28. The van der Waals surface area contributed by atoms with Gasteiger partial charge in [-0.1, -0.05) is 27.8 Å². The second kappa shape index (κ2) is 4.56. The fourth-order valence-corrected chi connectivity index (χ4v) is 1.10. The van der Waals surface area contributed by atoms with E-state index >= 15 is 0 Å². The van der Waals surface area contributed by atoms with E-state index in [0.29, 0.717) is 0 Å². The van der Waals surface area contributed by atoms with E-state index in [2.05, 4.69) is 27.8 Å². The zero-order valence-corrected chi connectivity index (χ0v) is 9.24. The van der Waals surface area contributed by atoms with Crippen molar-refractivity contribution in [2.45, 2.75) is 19.3 Å². The van der Waals surface area contributed by atoms with E-state index in [4.69, 9.17) is 0 Å². The van der Waals surface area contributed by atoms with Gasteiger partial charge < -0.3 is 0 Å². The van der Waals surface area contributed by atoms with E-state index in [1.54, 1.807) is 12.1 Å². The first-order valence-electron chi connectivity index (χ1n) is 4.10. The molecule has 0 aliphatic rings. The summed E-state index contributed by atoms with van der Waals surface area (Å²) in [6.45, 7) is 0.864. The van der Waals surface area contributed by atoms with Gasteiger partial charge in [-0.25, -0.2) is 8.78 Å². The van der Waals surface area contributed by atoms with Crippen molar-refractivity contribution in [3.05, 3.63) is 34.3 Å². The van der Waals surface area contributed by atoms with E-state index in [1.807, 2.05) is 12.1 Å². The van der Waals surface area contributed by atoms with Crippen LogP contribution in [0.25, 0.3) is 0 Å². The maximum atomic E-state index is 12.4. The Kier molecular flexibility index (Phi) is 3.65. The first-order valence-corrected chi connectivity index (χ1v) is 4.89. The fourth-order valence-electron chi connectivity index (χ4n) is 0.835. The van der Waals surface area contributed by atoms with Gasteiger partial charge in [-0.05, 0) is 24.3 Å². The van der Waals surface area contributed by atoms with Gasteiger partial charge in [0.25, 0.3) is 5.92 Å². The molecule has 0 fully saturated rings. The van der Waals surface area contributed by atoms with Crippen molar-refractivity contribution in [1.82, 2.24) is 0 Å². The van der Waals surface area contributed by atoms with Crippen LogP contribution in [-0.2, 0) is 0 Å². The zero-order valence-electron chi connectivity index (χ0n) is 7.65. The molecule has 0 heterocycles. The summed E-state index contributed by atoms with van der Waals surface area (Å²) in [7, 11) is 0. The molecule has 0 aliphatic carbocycles. The highest BCUT2D eigenvalue weighted by molar-refractivity contribution is 9.10. The Hall–Kier alpha value is -0.880. The summed E-state index contributed by atoms with van der Waals surface area (Å²) < 4.78 is 25.7. The summed E-state index contributed by atoms with van der Waals surface area (Å²) in [4.78, 5) is 0. The van der Waals surface area contributed by atoms with Crippen LogP contribution in [0.2, 0.25) is 0 Å². The Labute approximate surface area is 90.5 Å². The minimum Gasteiger partial charge on any atom is -0.206 e. The van der Waals surface area contributed by atoms with Gasteiger partial charge in [0.15, 0.2) is 0 Å². The Morgan fingerprint density at radius 2 is 1.86 bits per heavy atom. The molecule has 1 rings (SSSR count). The van der Waals surface area contributed by atoms with Crippen LogP contribution in [-0.4, -0.2) is 5.92 Å². The normalized spacial score (nSPS) is 10.6. The molecule has 0 nitrogen and oxygen atoms in total. The maximum Gasteiger partial charge on any atom is 0.256 e. The molecule has 0 aliphatic heterocycles. The smallest absolute Gasteiger partial charge is 0.206 e. The van der Waals surface area contributed by atoms with Crippen molar-refractivity contribution in [3.8, 4) is 11.8 Å². The predicted octanol–water partition coefficient (Wildman–Crippen LogP) is 3.85. The van der Waals surface area contributed by atoms with Crippen LogP contribution in [0, 0.1) is 11.8 Å². The number of rotatable bonds is 1. The van der Waals surface area contributed by atoms with Gasteiger partial charge in [0.2, 0.25) is 0 Å². The van der Waals surface area contributed by atoms with Crippen molar-refractivity contribution in [2.24, 2.45) is 0 Å². The molecular weight excluding hydrogens is 250 g/mol. The zero-order chi connectivity index (χ0) is 10.6. The minimum atomic E-state index is -2.71. The third kappa shape index (κ3) is 4.38. The van der Waals surface area contributed by atoms with Gasteiger partial charge in [-0.3, -0.25) is 0 Å². The maximum absolute atomic E-state index is 12.4. The Bertz CT molecular complexity index is 352. The number of alkyl halides is 2. The van der Waals surface area contributed by atoms with E-state index in [9.17, 15) is 8.78 Å². The number of hydrogen-bond donors (Lipinski definition) is 0. The molecule has 0 saturated heterocycles. The third-order valence-corrected chi connectivity index (χ3v) is 2.00. The Balaban J connectivity index is 2.64. The fraction of sp³-hybridized carbons (Fsp3) is 0.273. The molecule has 3 heteroatoms. The molecule has 0 atom stereocenters. The summed E-state index contributed by atoms with van der Waals surface area (Å²) in [6, 6.07) is 7.22. The molecule has 0 saturated carbocycles. The van der Waals surface area contributed by atoms with Crippen molar-refractivity contribution in [1.29, 1.82) is 0 Å². The number of hydrogen-bond acceptors (Lipinski definition) is 0. The molecule has 0 aromatic heterocycles. The lowest BCUT2D eigenvalue weighted by molar-refractivity contribution is 0.0278. The van der Waals surface area contributed by atoms with E-state index < -0.39 is 12.3 Å². The first-order chi connectivity index (χ1) is 6.47. The lowest BCUT2D eigenvalue weighted by Crippen LogP contribution is -2.06. The first kappa shape index (κ1) is 11.2. The second-order valence-corrected chi connectivity index (χ2v) is 3.97. The van der Waals surface area contributed by atoms with E-state index in [-0.39, 0.29) is 0 Å². The van der Waals surface area contributed by atoms with Crippen molar-refractivity contribution >= 4 is 15.9 Å². The number of halogens is 3. The highest BCUT2D eigenvalue weighted by atomic mass is 79.9. The third-order valence-electron chi connectivity index (χ3n) is 1.48. The Morgan fingerprint density at radius 1 is 1.29 bits per heavy atom. The van der Waals surface area contributed by atoms with Crippen LogP contribution < -0.4 is 0 Å². The van der Waals surface area contributed by atoms with E-state index in [1.165, 1.54) is 0 Å². The van der Waals surface area contributed by atoms with Gasteiger partial charge in [-0.2, -0.15) is 0 Å². The van der Waals surface area contributed by atoms with Gasteiger partial charge >= 0.3 is 0 Å². The summed E-state index contributed by atoms with van der Waals surface area (Å²) in [6.07, 6.45) is -0.400. The molecule has 0 unspecified atom stereocenters. The summed E-state index contributed by atoms with van der Waals surface area (Å²) in [5, 5.41) is 0. The van der Waals surface area contributed by atoms with Crippen LogP contribution in [0.3, 0.4) is 0 Å². The average molecular weight is 259 g/mol. The van der Waals surface area contributed by atoms with Crippen molar-refractivity contribution < 1.29 is 8.78 Å². The Morgan fingerprint density at radius 3 is 2.36 bits per heavy atom. The molecule has 74 valence electrons. The van der Waals surface area contributed by atoms with Gasteiger partial charge in [-0.15, -0.1) is 0 Å². The molecule has 0 bridgehead atoms. The average Bonchev–Trinajstić information content (AvgIpc) is 2.06. The molecule has 0 N–H and O–H groups in total. The van der Waals surface area contributed by atoms with Crippen LogP contribution in [0.4, 0.5) is 8.78 Å². The molecule has 0 amide bonds. The summed E-state index contributed by atoms with van der Waals surface area (Å²) in [5.41, 5.74) is 0.748. The molecule has 0 spiro atoms. The van der Waals surface area contributed by atoms with Crippen molar-refractivity contribution in [2.75, 3.05) is 0 Å². The van der Waals surface area contributed by atoms with Crippen LogP contribution >= 0.6 is 15.9 Å². The van der Waals surface area contributed by atoms with E-state index in [0.717, 1.165) is 17.0 Å². The monoisotopic (exact) mass is 258 g/mol. The molecule has 1 aromatic carbocycles. The topological polar surface area (TPSA) is 0 Å². The summed E-state index contributed by atoms with van der Waals surface area (Å²) in [5.74, 6) is 2.42. The van der Waals surface area contributed by atoms with Gasteiger partial charge in [0.05, 0.1) is 6.42 Å². The lowest BCUT2D eigenvalue weighted by Gasteiger charge is -2.02. The highest BCUT2D eigenvalue weighted by Gasteiger charge is 2.18. The van der Waals surface area contributed by atoms with Crippen LogP contribution in [0.15, 0.2) is 28.7 Å². The second-order valence-electron chi connectivity index (χ2n) is 3.06. The molecule has 1 aromatic rings. The SMILES string of the molecule is CC(F)(F)CC#Cc1ccc(Br)cc1. The quantitative estimate of drug-likeness (QED) is 0.672. The molecular formula is C11H9BrF2. The largest absolute Gasteiger partial charge is 0.256 e. The number of benzene rings is 1. The van der Waals surface area contributed by atoms with Crippen LogP contribution in [0.1, 0.15) is 18.9 Å². The predicted molar refractivity (Wildman–Crippen MR) is 56.3 cm³/mol. The van der Waals surface area contributed by atoms with Gasteiger partial charge in [0, 0.05) is 17.0 Å². The van der Waals surface area contributed by atoms with Gasteiger partial charge in [0.1, 0.15) is 0 Å². The molecule has 0 radical (unpaired) electrons. The standard InChI is InChI=1S/C11H9BrF2/c1-11(13,14)8-2-3-9-4-6-10(12)7-5-9/h4-7H,8H2,1H3. The van der Waals surface area contributed by atoms with Crippen LogP contribution in [0.5, 0.6) is 0 Å². The minimum absolute atomic E-state index is 0.400. The molecule has 14 heavy (non-hydrogen) atoms.